The van der Waals surface area contributed by atoms with Gasteiger partial charge in [0.1, 0.15) is 11.3 Å². The van der Waals surface area contributed by atoms with E-state index in [0.29, 0.717) is 29.6 Å². The number of rotatable bonds is 2. The van der Waals surface area contributed by atoms with Crippen LogP contribution in [-0.2, 0) is 25.8 Å². The molecule has 3 aromatic rings. The standard InChI is InChI=1S/C22H20ClNO3/c1-2-13-6-8-14(9-7-13)24-11-18-20-17(10-19(23)21(18)26-12-24)15-4-3-5-16(15)22(25)27-20/h6-10H,2-5,11-12H2,1H3. The highest BCUT2D eigenvalue weighted by atomic mass is 35.5. The molecular formula is C22H20ClNO3. The van der Waals surface area contributed by atoms with Gasteiger partial charge in [0.15, 0.2) is 6.73 Å². The lowest BCUT2D eigenvalue weighted by atomic mass is 10.0. The predicted molar refractivity (Wildman–Crippen MR) is 107 cm³/mol. The zero-order valence-corrected chi connectivity index (χ0v) is 15.9. The number of ether oxygens (including phenoxy) is 1. The van der Waals surface area contributed by atoms with Gasteiger partial charge in [-0.2, -0.15) is 0 Å². The van der Waals surface area contributed by atoms with Gasteiger partial charge in [-0.3, -0.25) is 0 Å². The van der Waals surface area contributed by atoms with Gasteiger partial charge in [0, 0.05) is 16.6 Å². The van der Waals surface area contributed by atoms with Crippen molar-refractivity contribution in [3.05, 3.63) is 68.0 Å². The van der Waals surface area contributed by atoms with E-state index < -0.39 is 0 Å². The van der Waals surface area contributed by atoms with Crippen LogP contribution < -0.4 is 15.3 Å². The highest BCUT2D eigenvalue weighted by molar-refractivity contribution is 6.33. The maximum Gasteiger partial charge on any atom is 0.339 e. The molecule has 0 bridgehead atoms. The molecular weight excluding hydrogens is 362 g/mol. The Hall–Kier alpha value is -2.46. The lowest BCUT2D eigenvalue weighted by Gasteiger charge is -2.31. The average Bonchev–Trinajstić information content (AvgIpc) is 3.20. The summed E-state index contributed by atoms with van der Waals surface area (Å²) in [6.45, 7) is 3.16. The van der Waals surface area contributed by atoms with Crippen molar-refractivity contribution in [2.24, 2.45) is 0 Å². The van der Waals surface area contributed by atoms with Gasteiger partial charge in [-0.1, -0.05) is 30.7 Å². The molecule has 0 saturated heterocycles. The maximum absolute atomic E-state index is 12.5. The summed E-state index contributed by atoms with van der Waals surface area (Å²) in [5.74, 6) is 0.631. The maximum atomic E-state index is 12.5. The van der Waals surface area contributed by atoms with E-state index in [-0.39, 0.29) is 5.63 Å². The summed E-state index contributed by atoms with van der Waals surface area (Å²) in [4.78, 5) is 14.6. The summed E-state index contributed by atoms with van der Waals surface area (Å²) in [5, 5.41) is 1.54. The molecule has 5 rings (SSSR count). The Bertz CT molecular complexity index is 1100. The number of hydrogen-bond acceptors (Lipinski definition) is 4. The molecule has 0 unspecified atom stereocenters. The van der Waals surface area contributed by atoms with Crippen LogP contribution in [0.15, 0.2) is 39.5 Å². The molecule has 0 saturated carbocycles. The Morgan fingerprint density at radius 1 is 1.11 bits per heavy atom. The molecule has 4 nitrogen and oxygen atoms in total. The molecule has 0 amide bonds. The molecule has 2 aromatic carbocycles. The first kappa shape index (κ1) is 16.7. The van der Waals surface area contributed by atoms with E-state index in [1.54, 1.807) is 0 Å². The Morgan fingerprint density at radius 3 is 2.67 bits per heavy atom. The third-order valence-corrected chi connectivity index (χ3v) is 5.97. The fraction of sp³-hybridized carbons (Fsp3) is 0.318. The minimum Gasteiger partial charge on any atom is -0.471 e. The SMILES string of the molecule is CCc1ccc(N2COc3c(Cl)cc4c5c(c(=O)oc4c3C2)CCC5)cc1. The normalized spacial score (nSPS) is 15.6. The van der Waals surface area contributed by atoms with Crippen LogP contribution in [0.1, 0.15) is 35.6 Å². The van der Waals surface area contributed by atoms with E-state index in [2.05, 4.69) is 36.1 Å². The predicted octanol–water partition coefficient (Wildman–Crippen LogP) is 4.85. The second-order valence-corrected chi connectivity index (χ2v) is 7.64. The smallest absolute Gasteiger partial charge is 0.339 e. The van der Waals surface area contributed by atoms with Crippen LogP contribution >= 0.6 is 11.6 Å². The summed E-state index contributed by atoms with van der Waals surface area (Å²) in [5.41, 5.74) is 5.54. The Morgan fingerprint density at radius 2 is 1.89 bits per heavy atom. The zero-order valence-electron chi connectivity index (χ0n) is 15.2. The molecule has 2 heterocycles. The molecule has 0 spiro atoms. The first-order chi connectivity index (χ1) is 13.2. The summed E-state index contributed by atoms with van der Waals surface area (Å²) in [6, 6.07) is 10.4. The number of halogens is 1. The van der Waals surface area contributed by atoms with E-state index in [0.717, 1.165) is 53.4 Å². The Balaban J connectivity index is 1.64. The summed E-state index contributed by atoms with van der Waals surface area (Å²) < 4.78 is 11.7. The molecule has 0 radical (unpaired) electrons. The minimum atomic E-state index is -0.219. The van der Waals surface area contributed by atoms with Crippen molar-refractivity contribution in [1.82, 2.24) is 0 Å². The van der Waals surface area contributed by atoms with Gasteiger partial charge in [-0.05, 0) is 55.0 Å². The van der Waals surface area contributed by atoms with Gasteiger partial charge in [0.05, 0.1) is 17.1 Å². The van der Waals surface area contributed by atoms with Crippen molar-refractivity contribution in [2.75, 3.05) is 11.6 Å². The van der Waals surface area contributed by atoms with Crippen LogP contribution in [-0.4, -0.2) is 6.73 Å². The average molecular weight is 382 g/mol. The molecule has 0 atom stereocenters. The first-order valence-electron chi connectivity index (χ1n) is 9.42. The van der Waals surface area contributed by atoms with Gasteiger partial charge in [-0.15, -0.1) is 0 Å². The number of hydrogen-bond donors (Lipinski definition) is 0. The molecule has 5 heteroatoms. The largest absolute Gasteiger partial charge is 0.471 e. The highest BCUT2D eigenvalue weighted by Gasteiger charge is 2.28. The van der Waals surface area contributed by atoms with E-state index in [4.69, 9.17) is 20.8 Å². The zero-order chi connectivity index (χ0) is 18.5. The summed E-state index contributed by atoms with van der Waals surface area (Å²) >= 11 is 6.53. The van der Waals surface area contributed by atoms with Crippen LogP contribution in [0.5, 0.6) is 5.75 Å². The van der Waals surface area contributed by atoms with E-state index in [9.17, 15) is 4.79 Å². The van der Waals surface area contributed by atoms with Crippen LogP contribution in [0.25, 0.3) is 11.0 Å². The number of benzene rings is 2. The molecule has 1 aliphatic heterocycles. The van der Waals surface area contributed by atoms with Crippen LogP contribution in [0, 0.1) is 0 Å². The molecule has 1 aliphatic carbocycles. The van der Waals surface area contributed by atoms with Crippen molar-refractivity contribution >= 4 is 28.3 Å². The van der Waals surface area contributed by atoms with Gasteiger partial charge < -0.3 is 14.1 Å². The lowest BCUT2D eigenvalue weighted by molar-refractivity contribution is 0.289. The fourth-order valence-electron chi connectivity index (χ4n) is 4.22. The van der Waals surface area contributed by atoms with Crippen LogP contribution in [0.4, 0.5) is 5.69 Å². The van der Waals surface area contributed by atoms with Crippen molar-refractivity contribution in [3.63, 3.8) is 0 Å². The van der Waals surface area contributed by atoms with Gasteiger partial charge in [0.2, 0.25) is 0 Å². The Labute approximate surface area is 162 Å². The van der Waals surface area contributed by atoms with Gasteiger partial charge in [0.25, 0.3) is 0 Å². The topological polar surface area (TPSA) is 42.7 Å². The number of anilines is 1. The second kappa shape index (κ2) is 6.31. The molecule has 1 aromatic heterocycles. The number of fused-ring (bicyclic) bond motifs is 5. The van der Waals surface area contributed by atoms with Crippen molar-refractivity contribution < 1.29 is 9.15 Å². The third-order valence-electron chi connectivity index (χ3n) is 5.69. The fourth-order valence-corrected chi connectivity index (χ4v) is 4.49. The number of nitrogens with zero attached hydrogens (tertiary/aromatic N) is 1. The van der Waals surface area contributed by atoms with Crippen molar-refractivity contribution in [1.29, 1.82) is 0 Å². The minimum absolute atomic E-state index is 0.219. The Kier molecular flexibility index (Phi) is 3.90. The number of aryl methyl sites for hydroxylation is 2. The monoisotopic (exact) mass is 381 g/mol. The van der Waals surface area contributed by atoms with E-state index in [1.807, 2.05) is 6.07 Å². The summed E-state index contributed by atoms with van der Waals surface area (Å²) in [6.07, 6.45) is 3.68. The van der Waals surface area contributed by atoms with Crippen molar-refractivity contribution in [2.45, 2.75) is 39.2 Å². The highest BCUT2D eigenvalue weighted by Crippen LogP contribution is 2.41. The van der Waals surface area contributed by atoms with Crippen molar-refractivity contribution in [3.8, 4) is 5.75 Å². The van der Waals surface area contributed by atoms with E-state index in [1.165, 1.54) is 5.56 Å². The molecule has 27 heavy (non-hydrogen) atoms. The third kappa shape index (κ3) is 2.62. The van der Waals surface area contributed by atoms with E-state index >= 15 is 0 Å². The van der Waals surface area contributed by atoms with Crippen LogP contribution in [0.3, 0.4) is 0 Å². The van der Waals surface area contributed by atoms with Gasteiger partial charge in [-0.25, -0.2) is 4.79 Å². The second-order valence-electron chi connectivity index (χ2n) is 7.23. The quantitative estimate of drug-likeness (QED) is 0.595. The first-order valence-corrected chi connectivity index (χ1v) is 9.80. The molecule has 2 aliphatic rings. The molecule has 0 N–H and O–H groups in total. The van der Waals surface area contributed by atoms with Gasteiger partial charge >= 0.3 is 5.63 Å². The van der Waals surface area contributed by atoms with Crippen LogP contribution in [0.2, 0.25) is 5.02 Å². The molecule has 138 valence electrons. The molecule has 0 fully saturated rings. The lowest BCUT2D eigenvalue weighted by Crippen LogP contribution is -2.32. The summed E-state index contributed by atoms with van der Waals surface area (Å²) in [7, 11) is 0.